The van der Waals surface area contributed by atoms with E-state index in [4.69, 9.17) is 9.47 Å². The normalized spacial score (nSPS) is 15.3. The van der Waals surface area contributed by atoms with E-state index in [1.54, 1.807) is 25.3 Å². The molecule has 0 bridgehead atoms. The zero-order chi connectivity index (χ0) is 22.7. The Kier molecular flexibility index (Phi) is 6.31. The van der Waals surface area contributed by atoms with Gasteiger partial charge in [0.2, 0.25) is 5.95 Å². The summed E-state index contributed by atoms with van der Waals surface area (Å²) < 4.78 is 26.7. The van der Waals surface area contributed by atoms with Crippen molar-refractivity contribution in [3.8, 4) is 11.5 Å². The van der Waals surface area contributed by atoms with Crippen LogP contribution in [0, 0.1) is 12.7 Å². The van der Waals surface area contributed by atoms with Crippen molar-refractivity contribution in [1.82, 2.24) is 19.5 Å². The average molecular weight is 441 g/mol. The average Bonchev–Trinajstić information content (AvgIpc) is 2.77. The predicted molar refractivity (Wildman–Crippen MR) is 116 cm³/mol. The van der Waals surface area contributed by atoms with Crippen LogP contribution in [0.4, 0.5) is 10.3 Å². The van der Waals surface area contributed by atoms with Crippen LogP contribution in [0.25, 0.3) is 0 Å². The Balaban J connectivity index is 1.53. The maximum absolute atomic E-state index is 14.5. The molecule has 0 radical (unpaired) electrons. The number of pyridine rings is 1. The molecule has 0 spiro atoms. The Bertz CT molecular complexity index is 1170. The van der Waals surface area contributed by atoms with E-state index < -0.39 is 23.2 Å². The minimum absolute atomic E-state index is 0.0238. The molecule has 0 unspecified atom stereocenters. The molecule has 0 saturated carbocycles. The van der Waals surface area contributed by atoms with E-state index in [0.717, 1.165) is 10.3 Å². The lowest BCUT2D eigenvalue weighted by Crippen LogP contribution is -2.42. The van der Waals surface area contributed by atoms with E-state index in [1.807, 2.05) is 13.0 Å². The van der Waals surface area contributed by atoms with Gasteiger partial charge < -0.3 is 14.8 Å². The Morgan fingerprint density at radius 2 is 1.97 bits per heavy atom. The van der Waals surface area contributed by atoms with Crippen LogP contribution in [0.1, 0.15) is 43.1 Å². The van der Waals surface area contributed by atoms with Crippen LogP contribution < -0.4 is 21.4 Å². The van der Waals surface area contributed by atoms with Crippen molar-refractivity contribution in [3.63, 3.8) is 0 Å². The number of aryl methyl sites for hydroxylation is 1. The van der Waals surface area contributed by atoms with Gasteiger partial charge in [-0.3, -0.25) is 9.97 Å². The van der Waals surface area contributed by atoms with Gasteiger partial charge in [0.1, 0.15) is 17.3 Å². The molecule has 3 heterocycles. The number of H-pyrrole nitrogens is 1. The van der Waals surface area contributed by atoms with Gasteiger partial charge in [-0.15, -0.1) is 0 Å². The predicted octanol–water partition coefficient (Wildman–Crippen LogP) is 3.09. The number of nitrogens with one attached hydrogen (secondary N) is 2. The molecule has 2 aromatic heterocycles. The number of halogens is 1. The van der Waals surface area contributed by atoms with Crippen LogP contribution in [0.3, 0.4) is 0 Å². The minimum atomic E-state index is -0.653. The molecule has 0 amide bonds. The molecule has 1 aromatic carbocycles. The first-order chi connectivity index (χ1) is 15.4. The Hall–Kier alpha value is -3.53. The maximum Gasteiger partial charge on any atom is 0.355 e. The Morgan fingerprint density at radius 1 is 1.22 bits per heavy atom. The molecule has 1 atom stereocenters. The molecule has 2 N–H and O–H groups in total. The monoisotopic (exact) mass is 441 g/mol. The molecule has 1 fully saturated rings. The molecule has 1 saturated heterocycles. The van der Waals surface area contributed by atoms with Gasteiger partial charge >= 0.3 is 11.4 Å². The molecule has 9 nitrogen and oxygen atoms in total. The van der Waals surface area contributed by atoms with Crippen LogP contribution >= 0.6 is 0 Å². The molecule has 10 heteroatoms. The SMILES string of the molecule is Cc1ccc(Oc2ccc(F)c([C@H](C)Nc3nc(=O)n(C4CCOCC4)c(=O)[nH]3)c2)cn1. The zero-order valence-corrected chi connectivity index (χ0v) is 17.8. The van der Waals surface area contributed by atoms with Gasteiger partial charge in [-0.1, -0.05) is 0 Å². The summed E-state index contributed by atoms with van der Waals surface area (Å²) in [4.78, 5) is 35.7. The number of hydrogen-bond acceptors (Lipinski definition) is 7. The maximum atomic E-state index is 14.5. The van der Waals surface area contributed by atoms with Gasteiger partial charge in [-0.05, 0) is 57.0 Å². The lowest BCUT2D eigenvalue weighted by molar-refractivity contribution is 0.0670. The molecule has 1 aliphatic rings. The number of hydrogen-bond donors (Lipinski definition) is 2. The smallest absolute Gasteiger partial charge is 0.355 e. The fourth-order valence-corrected chi connectivity index (χ4v) is 3.61. The van der Waals surface area contributed by atoms with Crippen LogP contribution in [0.15, 0.2) is 46.1 Å². The number of nitrogens with zero attached hydrogens (tertiary/aromatic N) is 3. The highest BCUT2D eigenvalue weighted by molar-refractivity contribution is 5.38. The van der Waals surface area contributed by atoms with Crippen molar-refractivity contribution in [2.75, 3.05) is 18.5 Å². The summed E-state index contributed by atoms with van der Waals surface area (Å²) in [6.45, 7) is 4.54. The summed E-state index contributed by atoms with van der Waals surface area (Å²) in [5.41, 5.74) is -0.0650. The van der Waals surface area contributed by atoms with Gasteiger partial charge in [0.05, 0.1) is 12.2 Å². The standard InChI is InChI=1S/C22H24FN5O4/c1-13-3-4-17(12-24-13)32-16-5-6-19(23)18(11-16)14(2)25-20-26-21(29)28(22(30)27-20)15-7-9-31-10-8-15/h3-6,11-12,14-15H,7-10H2,1-2H3,(H2,25,26,27,29,30)/t14-/m0/s1. The molecular weight excluding hydrogens is 417 g/mol. The molecular formula is C22H24FN5O4. The number of aromatic amines is 1. The van der Waals surface area contributed by atoms with Gasteiger partial charge in [-0.25, -0.2) is 18.5 Å². The molecule has 1 aliphatic heterocycles. The number of ether oxygens (including phenoxy) is 2. The topological polar surface area (TPSA) is 111 Å². The van der Waals surface area contributed by atoms with Crippen molar-refractivity contribution < 1.29 is 13.9 Å². The van der Waals surface area contributed by atoms with Crippen LogP contribution in [-0.2, 0) is 4.74 Å². The van der Waals surface area contributed by atoms with E-state index in [-0.39, 0.29) is 12.0 Å². The number of benzene rings is 1. The lowest BCUT2D eigenvalue weighted by Gasteiger charge is -2.23. The molecule has 168 valence electrons. The van der Waals surface area contributed by atoms with Crippen molar-refractivity contribution in [3.05, 3.63) is 74.6 Å². The van der Waals surface area contributed by atoms with Gasteiger partial charge in [0.15, 0.2) is 0 Å². The van der Waals surface area contributed by atoms with Gasteiger partial charge in [-0.2, -0.15) is 4.98 Å². The molecule has 0 aliphatic carbocycles. The van der Waals surface area contributed by atoms with E-state index in [2.05, 4.69) is 20.3 Å². The highest BCUT2D eigenvalue weighted by atomic mass is 19.1. The lowest BCUT2D eigenvalue weighted by atomic mass is 10.1. The van der Waals surface area contributed by atoms with Crippen LogP contribution in [0.2, 0.25) is 0 Å². The van der Waals surface area contributed by atoms with Gasteiger partial charge in [0, 0.05) is 30.5 Å². The first-order valence-electron chi connectivity index (χ1n) is 10.4. The number of anilines is 1. The first-order valence-corrected chi connectivity index (χ1v) is 10.4. The highest BCUT2D eigenvalue weighted by Crippen LogP contribution is 2.27. The fraction of sp³-hybridized carbons (Fsp3) is 0.364. The summed E-state index contributed by atoms with van der Waals surface area (Å²) in [6, 6.07) is 7.10. The summed E-state index contributed by atoms with van der Waals surface area (Å²) >= 11 is 0. The number of aromatic nitrogens is 4. The van der Waals surface area contributed by atoms with Crippen LogP contribution in [0.5, 0.6) is 11.5 Å². The van der Waals surface area contributed by atoms with Gasteiger partial charge in [0.25, 0.3) is 0 Å². The second-order valence-electron chi connectivity index (χ2n) is 7.67. The Morgan fingerprint density at radius 3 is 2.66 bits per heavy atom. The summed E-state index contributed by atoms with van der Waals surface area (Å²) in [5, 5.41) is 2.90. The fourth-order valence-electron chi connectivity index (χ4n) is 3.61. The van der Waals surface area contributed by atoms with Crippen molar-refractivity contribution >= 4 is 5.95 Å². The van der Waals surface area contributed by atoms with Crippen LogP contribution in [-0.4, -0.2) is 32.7 Å². The summed E-state index contributed by atoms with van der Waals surface area (Å²) in [6.07, 6.45) is 2.73. The van der Waals surface area contributed by atoms with Crippen molar-refractivity contribution in [2.24, 2.45) is 0 Å². The third-order valence-corrected chi connectivity index (χ3v) is 5.32. The van der Waals surface area contributed by atoms with E-state index in [0.29, 0.717) is 43.1 Å². The van der Waals surface area contributed by atoms with E-state index >= 15 is 0 Å². The number of rotatable bonds is 6. The van der Waals surface area contributed by atoms with E-state index in [1.165, 1.54) is 12.1 Å². The second-order valence-corrected chi connectivity index (χ2v) is 7.67. The quantitative estimate of drug-likeness (QED) is 0.605. The first kappa shape index (κ1) is 21.7. The summed E-state index contributed by atoms with van der Waals surface area (Å²) in [7, 11) is 0. The minimum Gasteiger partial charge on any atom is -0.456 e. The van der Waals surface area contributed by atoms with Crippen molar-refractivity contribution in [1.29, 1.82) is 0 Å². The zero-order valence-electron chi connectivity index (χ0n) is 17.8. The Labute approximate surface area is 183 Å². The highest BCUT2D eigenvalue weighted by Gasteiger charge is 2.21. The molecule has 4 rings (SSSR count). The third kappa shape index (κ3) is 4.86. The second kappa shape index (κ2) is 9.31. The molecule has 3 aromatic rings. The van der Waals surface area contributed by atoms with E-state index in [9.17, 15) is 14.0 Å². The third-order valence-electron chi connectivity index (χ3n) is 5.32. The molecule has 32 heavy (non-hydrogen) atoms. The van der Waals surface area contributed by atoms with Crippen molar-refractivity contribution in [2.45, 2.75) is 38.8 Å². The summed E-state index contributed by atoms with van der Waals surface area (Å²) in [5.74, 6) is 0.468. The largest absolute Gasteiger partial charge is 0.456 e.